The minimum Gasteiger partial charge on any atom is -0.340 e. The van der Waals surface area contributed by atoms with Crippen molar-refractivity contribution in [2.75, 3.05) is 32.7 Å². The van der Waals surface area contributed by atoms with Crippen molar-refractivity contribution in [2.24, 2.45) is 0 Å². The highest BCUT2D eigenvalue weighted by Gasteiger charge is 2.33. The number of piperazine rings is 1. The highest BCUT2D eigenvalue weighted by Crippen LogP contribution is 2.38. The topological polar surface area (TPSA) is 43.9 Å². The fraction of sp³-hybridized carbons (Fsp3) is 0.357. The van der Waals surface area contributed by atoms with E-state index in [1.165, 1.54) is 16.5 Å². The molecule has 3 heterocycles. The van der Waals surface area contributed by atoms with E-state index in [0.717, 1.165) is 12.0 Å². The lowest BCUT2D eigenvalue weighted by molar-refractivity contribution is -0.139. The monoisotopic (exact) mass is 491 g/mol. The maximum atomic E-state index is 14.0. The first kappa shape index (κ1) is 23.7. The van der Waals surface area contributed by atoms with Gasteiger partial charge in [0, 0.05) is 62.6 Å². The Morgan fingerprint density at radius 1 is 0.857 bits per heavy atom. The second-order valence-electron chi connectivity index (χ2n) is 9.20. The van der Waals surface area contributed by atoms with Crippen LogP contribution in [0.4, 0.5) is 4.39 Å². The minimum atomic E-state index is -0.189. The second kappa shape index (κ2) is 10.7. The molecule has 1 fully saturated rings. The van der Waals surface area contributed by atoms with E-state index in [1.807, 2.05) is 34.1 Å². The van der Waals surface area contributed by atoms with Gasteiger partial charge in [-0.1, -0.05) is 48.5 Å². The van der Waals surface area contributed by atoms with Crippen LogP contribution in [0.25, 0.3) is 0 Å². The van der Waals surface area contributed by atoms with Crippen LogP contribution in [0, 0.1) is 5.82 Å². The van der Waals surface area contributed by atoms with E-state index in [1.54, 1.807) is 23.5 Å². The lowest BCUT2D eigenvalue weighted by atomic mass is 9.93. The number of carbonyl (C=O) groups excluding carboxylic acids is 2. The molecule has 1 aromatic heterocycles. The first-order valence-corrected chi connectivity index (χ1v) is 13.1. The Kier molecular flexibility index (Phi) is 7.25. The summed E-state index contributed by atoms with van der Waals surface area (Å²) in [5.74, 6) is -0.138. The third-order valence-corrected chi connectivity index (χ3v) is 8.03. The molecule has 5 nitrogen and oxygen atoms in total. The van der Waals surface area contributed by atoms with E-state index >= 15 is 0 Å². The van der Waals surface area contributed by atoms with Crippen LogP contribution in [0.2, 0.25) is 0 Å². The van der Waals surface area contributed by atoms with Crippen molar-refractivity contribution in [1.29, 1.82) is 0 Å². The Morgan fingerprint density at radius 3 is 2.34 bits per heavy atom. The van der Waals surface area contributed by atoms with Crippen molar-refractivity contribution in [3.05, 3.63) is 93.4 Å². The van der Waals surface area contributed by atoms with Gasteiger partial charge in [-0.25, -0.2) is 4.39 Å². The number of halogens is 1. The maximum Gasteiger partial charge on any atom is 0.223 e. The van der Waals surface area contributed by atoms with E-state index in [9.17, 15) is 14.0 Å². The van der Waals surface area contributed by atoms with E-state index in [-0.39, 0.29) is 36.5 Å². The van der Waals surface area contributed by atoms with Crippen LogP contribution in [0.3, 0.4) is 0 Å². The van der Waals surface area contributed by atoms with Crippen molar-refractivity contribution in [3.63, 3.8) is 0 Å². The molecule has 5 rings (SSSR count). The smallest absolute Gasteiger partial charge is 0.223 e. The van der Waals surface area contributed by atoms with Gasteiger partial charge < -0.3 is 9.80 Å². The fourth-order valence-corrected chi connectivity index (χ4v) is 6.02. The van der Waals surface area contributed by atoms with Crippen LogP contribution < -0.4 is 0 Å². The average molecular weight is 492 g/mol. The van der Waals surface area contributed by atoms with Gasteiger partial charge in [-0.15, -0.1) is 11.3 Å². The average Bonchev–Trinajstić information content (AvgIpc) is 3.38. The van der Waals surface area contributed by atoms with Gasteiger partial charge >= 0.3 is 0 Å². The molecule has 182 valence electrons. The highest BCUT2D eigenvalue weighted by atomic mass is 32.1. The Balaban J connectivity index is 1.16. The number of fused-ring (bicyclic) bond motifs is 1. The van der Waals surface area contributed by atoms with Crippen LogP contribution >= 0.6 is 11.3 Å². The summed E-state index contributed by atoms with van der Waals surface area (Å²) in [5, 5.41) is 2.10. The summed E-state index contributed by atoms with van der Waals surface area (Å²) in [6.45, 7) is 3.85. The molecular formula is C28H30FN3O2S. The van der Waals surface area contributed by atoms with Crippen molar-refractivity contribution in [2.45, 2.75) is 31.8 Å². The Hall–Kier alpha value is -3.03. The fourth-order valence-electron chi connectivity index (χ4n) is 5.12. The van der Waals surface area contributed by atoms with E-state index in [0.29, 0.717) is 44.8 Å². The largest absolute Gasteiger partial charge is 0.340 e. The molecule has 3 aromatic rings. The molecule has 2 aliphatic rings. The van der Waals surface area contributed by atoms with Crippen molar-refractivity contribution < 1.29 is 14.0 Å². The number of nitrogens with zero attached hydrogens (tertiary/aromatic N) is 3. The summed E-state index contributed by atoms with van der Waals surface area (Å²) in [6, 6.07) is 19.0. The predicted octanol–water partition coefficient (Wildman–Crippen LogP) is 4.49. The molecule has 0 bridgehead atoms. The number of thiophene rings is 1. The molecule has 7 heteroatoms. The number of carbonyl (C=O) groups is 2. The number of hydrogen-bond donors (Lipinski definition) is 0. The van der Waals surface area contributed by atoms with Crippen LogP contribution in [0.15, 0.2) is 66.0 Å². The van der Waals surface area contributed by atoms with Gasteiger partial charge in [0.15, 0.2) is 0 Å². The van der Waals surface area contributed by atoms with Gasteiger partial charge in [-0.05, 0) is 35.1 Å². The molecule has 2 aliphatic heterocycles. The zero-order valence-electron chi connectivity index (χ0n) is 19.7. The van der Waals surface area contributed by atoms with Gasteiger partial charge in [0.1, 0.15) is 5.82 Å². The van der Waals surface area contributed by atoms with Gasteiger partial charge in [0.2, 0.25) is 11.8 Å². The second-order valence-corrected chi connectivity index (χ2v) is 10.2. The summed E-state index contributed by atoms with van der Waals surface area (Å²) in [4.78, 5) is 33.5. The first-order valence-electron chi connectivity index (χ1n) is 12.2. The summed E-state index contributed by atoms with van der Waals surface area (Å²) >= 11 is 1.75. The van der Waals surface area contributed by atoms with Crippen LogP contribution in [0.1, 0.15) is 40.5 Å². The minimum absolute atomic E-state index is 0.0217. The molecule has 35 heavy (non-hydrogen) atoms. The highest BCUT2D eigenvalue weighted by molar-refractivity contribution is 7.10. The van der Waals surface area contributed by atoms with Crippen molar-refractivity contribution >= 4 is 23.2 Å². The third-order valence-electron chi connectivity index (χ3n) is 7.03. The molecule has 2 amide bonds. The molecule has 1 unspecified atom stereocenters. The van der Waals surface area contributed by atoms with Crippen molar-refractivity contribution in [1.82, 2.24) is 14.7 Å². The lowest BCUT2D eigenvalue weighted by Gasteiger charge is -2.37. The Labute approximate surface area is 209 Å². The summed E-state index contributed by atoms with van der Waals surface area (Å²) < 4.78 is 14.0. The standard InChI is InChI=1S/C28H30FN3O2S/c29-24-9-5-4-8-22(24)20-30-15-17-31(18-16-30)26(33)10-11-27(34)32-14-12-25-23(13-19-35-25)28(32)21-6-2-1-3-7-21/h1-9,13,19,28H,10-12,14-18,20H2. The molecule has 1 saturated heterocycles. The molecule has 2 aromatic carbocycles. The molecule has 0 radical (unpaired) electrons. The lowest BCUT2D eigenvalue weighted by Crippen LogP contribution is -2.48. The number of amides is 2. The van der Waals surface area contributed by atoms with E-state index in [2.05, 4.69) is 28.5 Å². The number of hydrogen-bond acceptors (Lipinski definition) is 4. The predicted molar refractivity (Wildman–Crippen MR) is 136 cm³/mol. The Bertz CT molecular complexity index is 1170. The van der Waals surface area contributed by atoms with Crippen LogP contribution in [-0.2, 0) is 22.6 Å². The van der Waals surface area contributed by atoms with Crippen LogP contribution in [0.5, 0.6) is 0 Å². The molecule has 1 atom stereocenters. The summed E-state index contributed by atoms with van der Waals surface area (Å²) in [6.07, 6.45) is 1.30. The van der Waals surface area contributed by atoms with Crippen molar-refractivity contribution in [3.8, 4) is 0 Å². The molecule has 0 spiro atoms. The van der Waals surface area contributed by atoms with E-state index in [4.69, 9.17) is 0 Å². The van der Waals surface area contributed by atoms with E-state index < -0.39 is 0 Å². The molecule has 0 N–H and O–H groups in total. The quantitative estimate of drug-likeness (QED) is 0.511. The normalized spacial score (nSPS) is 18.4. The number of rotatable bonds is 6. The first-order chi connectivity index (χ1) is 17.1. The van der Waals surface area contributed by atoms with Gasteiger partial charge in [-0.3, -0.25) is 14.5 Å². The zero-order valence-corrected chi connectivity index (χ0v) is 20.6. The maximum absolute atomic E-state index is 14.0. The summed E-state index contributed by atoms with van der Waals surface area (Å²) in [7, 11) is 0. The Morgan fingerprint density at radius 2 is 1.57 bits per heavy atom. The van der Waals surface area contributed by atoms with Gasteiger partial charge in [-0.2, -0.15) is 0 Å². The third kappa shape index (κ3) is 5.31. The molecular weight excluding hydrogens is 461 g/mol. The SMILES string of the molecule is O=C(CCC(=O)N1CCc2sccc2C1c1ccccc1)N1CCN(Cc2ccccc2F)CC1. The number of benzene rings is 2. The molecule has 0 saturated carbocycles. The zero-order chi connectivity index (χ0) is 24.2. The van der Waals surface area contributed by atoms with Gasteiger partial charge in [0.05, 0.1) is 6.04 Å². The summed E-state index contributed by atoms with van der Waals surface area (Å²) in [5.41, 5.74) is 3.00. The molecule has 0 aliphatic carbocycles. The van der Waals surface area contributed by atoms with Crippen LogP contribution in [-0.4, -0.2) is 59.2 Å². The van der Waals surface area contributed by atoms with Gasteiger partial charge in [0.25, 0.3) is 0 Å².